The number of hydrogen-bond acceptors (Lipinski definition) is 2. The Kier molecular flexibility index (Phi) is 2.09. The molecule has 2 nitrogen and oxygen atoms in total. The Morgan fingerprint density at radius 3 is 2.75 bits per heavy atom. The summed E-state index contributed by atoms with van der Waals surface area (Å²) in [7, 11) is 0. The summed E-state index contributed by atoms with van der Waals surface area (Å²) in [5, 5.41) is 0. The molecule has 0 saturated heterocycles. The quantitative estimate of drug-likeness (QED) is 0.715. The molecule has 0 saturated carbocycles. The minimum Gasteiger partial charge on any atom is -0.293 e. The van der Waals surface area contributed by atoms with Crippen LogP contribution in [0.15, 0.2) is 47.5 Å². The minimum atomic E-state index is -0.791. The first kappa shape index (κ1) is 11.5. The fourth-order valence-electron chi connectivity index (χ4n) is 3.46. The maximum atomic E-state index is 14.0. The highest BCUT2D eigenvalue weighted by atomic mass is 19.1. The van der Waals surface area contributed by atoms with Crippen molar-refractivity contribution in [3.8, 4) is 0 Å². The van der Waals surface area contributed by atoms with E-state index >= 15 is 0 Å². The number of Topliss-reactive ketones (excluding diaryl/α,β-unsaturated/α-hetero) is 1. The third-order valence-electron chi connectivity index (χ3n) is 4.44. The third-order valence-corrected chi connectivity index (χ3v) is 4.44. The van der Waals surface area contributed by atoms with Crippen LogP contribution >= 0.6 is 0 Å². The number of benzene rings is 2. The molecule has 4 rings (SSSR count). The molecule has 2 aromatic rings. The van der Waals surface area contributed by atoms with Crippen LogP contribution in [-0.4, -0.2) is 11.5 Å². The summed E-state index contributed by atoms with van der Waals surface area (Å²) in [6, 6.07) is 12.5. The maximum Gasteiger partial charge on any atom is 0.182 e. The number of carbonyl (C=O) groups is 1. The van der Waals surface area contributed by atoms with Crippen LogP contribution in [-0.2, 0) is 11.8 Å². The monoisotopic (exact) mass is 265 g/mol. The molecule has 2 aromatic carbocycles. The van der Waals surface area contributed by atoms with Gasteiger partial charge >= 0.3 is 0 Å². The van der Waals surface area contributed by atoms with Crippen molar-refractivity contribution in [2.24, 2.45) is 4.99 Å². The lowest BCUT2D eigenvalue weighted by Crippen LogP contribution is -2.38. The largest absolute Gasteiger partial charge is 0.293 e. The summed E-state index contributed by atoms with van der Waals surface area (Å²) in [5.41, 5.74) is 2.71. The lowest BCUT2D eigenvalue weighted by atomic mass is 9.74. The van der Waals surface area contributed by atoms with Gasteiger partial charge in [0.05, 0.1) is 11.3 Å². The van der Waals surface area contributed by atoms with Crippen molar-refractivity contribution in [3.63, 3.8) is 0 Å². The Bertz CT molecular complexity index is 793. The number of fused-ring (bicyclic) bond motifs is 3. The molecule has 3 heteroatoms. The fourth-order valence-corrected chi connectivity index (χ4v) is 3.46. The smallest absolute Gasteiger partial charge is 0.182 e. The highest BCUT2D eigenvalue weighted by Gasteiger charge is 2.53. The highest BCUT2D eigenvalue weighted by molar-refractivity contribution is 6.26. The molecule has 0 aromatic heterocycles. The first-order chi connectivity index (χ1) is 9.64. The number of para-hydroxylation sites is 1. The Morgan fingerprint density at radius 1 is 1.15 bits per heavy atom. The van der Waals surface area contributed by atoms with Gasteiger partial charge in [-0.15, -0.1) is 0 Å². The SMILES string of the molecule is CC1=Nc2ccccc2C12Cc1cccc(F)c1C2=O. The molecule has 1 heterocycles. The lowest BCUT2D eigenvalue weighted by molar-refractivity contribution is 0.0943. The number of halogens is 1. The van der Waals surface area contributed by atoms with Crippen molar-refractivity contribution in [2.45, 2.75) is 18.8 Å². The predicted molar refractivity (Wildman–Crippen MR) is 75.3 cm³/mol. The van der Waals surface area contributed by atoms with Gasteiger partial charge in [0.2, 0.25) is 0 Å². The molecule has 98 valence electrons. The molecule has 0 fully saturated rings. The van der Waals surface area contributed by atoms with Crippen molar-refractivity contribution >= 4 is 17.2 Å². The fraction of sp³-hybridized carbons (Fsp3) is 0.176. The zero-order valence-corrected chi connectivity index (χ0v) is 11.0. The molecular formula is C17H12FNO. The zero-order valence-electron chi connectivity index (χ0n) is 11.0. The summed E-state index contributed by atoms with van der Waals surface area (Å²) in [5.74, 6) is -0.585. The predicted octanol–water partition coefficient (Wildman–Crippen LogP) is 3.61. The number of nitrogens with zero attached hydrogens (tertiary/aromatic N) is 1. The molecule has 1 atom stereocenters. The van der Waals surface area contributed by atoms with Crippen LogP contribution in [0.1, 0.15) is 28.4 Å². The molecule has 2 aliphatic rings. The van der Waals surface area contributed by atoms with Crippen LogP contribution in [0.2, 0.25) is 0 Å². The Morgan fingerprint density at radius 2 is 1.95 bits per heavy atom. The Balaban J connectivity index is 2.01. The topological polar surface area (TPSA) is 29.4 Å². The summed E-state index contributed by atoms with van der Waals surface area (Å²) in [6.45, 7) is 1.86. The molecular weight excluding hydrogens is 253 g/mol. The summed E-state index contributed by atoms with van der Waals surface area (Å²) < 4.78 is 14.0. The van der Waals surface area contributed by atoms with E-state index < -0.39 is 11.2 Å². The maximum absolute atomic E-state index is 14.0. The van der Waals surface area contributed by atoms with E-state index in [-0.39, 0.29) is 11.3 Å². The molecule has 1 unspecified atom stereocenters. The number of ketones is 1. The van der Waals surface area contributed by atoms with Gasteiger partial charge in [-0.1, -0.05) is 30.3 Å². The Hall–Kier alpha value is -2.29. The summed E-state index contributed by atoms with van der Waals surface area (Å²) in [4.78, 5) is 17.4. The molecule has 0 amide bonds. The summed E-state index contributed by atoms with van der Waals surface area (Å²) in [6.07, 6.45) is 0.505. The first-order valence-electron chi connectivity index (χ1n) is 6.62. The van der Waals surface area contributed by atoms with E-state index in [0.29, 0.717) is 6.42 Å². The van der Waals surface area contributed by atoms with E-state index in [9.17, 15) is 9.18 Å². The summed E-state index contributed by atoms with van der Waals surface area (Å²) >= 11 is 0. The van der Waals surface area contributed by atoms with Gasteiger partial charge in [-0.2, -0.15) is 0 Å². The normalized spacial score (nSPS) is 22.9. The second-order valence-electron chi connectivity index (χ2n) is 5.40. The average Bonchev–Trinajstić information content (AvgIpc) is 2.89. The van der Waals surface area contributed by atoms with Crippen molar-refractivity contribution in [1.29, 1.82) is 0 Å². The highest BCUT2D eigenvalue weighted by Crippen LogP contribution is 2.48. The number of hydrogen-bond donors (Lipinski definition) is 0. The van der Waals surface area contributed by atoms with Gasteiger partial charge in [0.1, 0.15) is 11.2 Å². The van der Waals surface area contributed by atoms with Crippen LogP contribution in [0.25, 0.3) is 0 Å². The molecule has 0 radical (unpaired) electrons. The van der Waals surface area contributed by atoms with E-state index in [1.807, 2.05) is 37.3 Å². The van der Waals surface area contributed by atoms with Crippen LogP contribution < -0.4 is 0 Å². The molecule has 0 bridgehead atoms. The zero-order chi connectivity index (χ0) is 13.9. The average molecular weight is 265 g/mol. The lowest BCUT2D eigenvalue weighted by Gasteiger charge is -2.23. The van der Waals surface area contributed by atoms with Gasteiger partial charge in [-0.3, -0.25) is 9.79 Å². The van der Waals surface area contributed by atoms with Crippen LogP contribution in [0.5, 0.6) is 0 Å². The molecule has 1 aliphatic carbocycles. The number of carbonyl (C=O) groups excluding carboxylic acids is 1. The van der Waals surface area contributed by atoms with Gasteiger partial charge in [-0.05, 0) is 36.6 Å². The van der Waals surface area contributed by atoms with Gasteiger partial charge in [0, 0.05) is 5.71 Å². The van der Waals surface area contributed by atoms with Gasteiger partial charge in [0.15, 0.2) is 5.78 Å². The van der Waals surface area contributed by atoms with Gasteiger partial charge in [0.25, 0.3) is 0 Å². The second-order valence-corrected chi connectivity index (χ2v) is 5.40. The molecule has 1 spiro atoms. The van der Waals surface area contributed by atoms with Crippen LogP contribution in [0.3, 0.4) is 0 Å². The minimum absolute atomic E-state index is 0.156. The molecule has 0 N–H and O–H groups in total. The van der Waals surface area contributed by atoms with E-state index in [0.717, 1.165) is 22.5 Å². The van der Waals surface area contributed by atoms with E-state index in [2.05, 4.69) is 4.99 Å². The van der Waals surface area contributed by atoms with Gasteiger partial charge in [-0.25, -0.2) is 4.39 Å². The molecule has 20 heavy (non-hydrogen) atoms. The standard InChI is InChI=1S/C17H12FNO/c1-10-17(12-6-2-3-8-14(12)19-10)9-11-5-4-7-13(18)15(11)16(17)20/h2-8H,9H2,1H3. The first-order valence-corrected chi connectivity index (χ1v) is 6.62. The van der Waals surface area contributed by atoms with Crippen molar-refractivity contribution in [1.82, 2.24) is 0 Å². The van der Waals surface area contributed by atoms with Crippen LogP contribution in [0, 0.1) is 5.82 Å². The van der Waals surface area contributed by atoms with Gasteiger partial charge < -0.3 is 0 Å². The third kappa shape index (κ3) is 1.18. The second kappa shape index (κ2) is 3.63. The number of aliphatic imine (C=N–C) groups is 1. The van der Waals surface area contributed by atoms with E-state index in [4.69, 9.17) is 0 Å². The Labute approximate surface area is 116 Å². The van der Waals surface area contributed by atoms with E-state index in [1.165, 1.54) is 6.07 Å². The molecule has 1 aliphatic heterocycles. The number of rotatable bonds is 0. The van der Waals surface area contributed by atoms with Crippen molar-refractivity contribution < 1.29 is 9.18 Å². The van der Waals surface area contributed by atoms with Crippen LogP contribution in [0.4, 0.5) is 10.1 Å². The van der Waals surface area contributed by atoms with Crippen molar-refractivity contribution in [2.75, 3.05) is 0 Å². The van der Waals surface area contributed by atoms with Crippen molar-refractivity contribution in [3.05, 3.63) is 65.0 Å². The van der Waals surface area contributed by atoms with E-state index in [1.54, 1.807) is 6.07 Å².